The summed E-state index contributed by atoms with van der Waals surface area (Å²) in [5, 5.41) is 6.54. The maximum absolute atomic E-state index is 12.4. The predicted molar refractivity (Wildman–Crippen MR) is 82.4 cm³/mol. The third kappa shape index (κ3) is 3.54. The van der Waals surface area contributed by atoms with E-state index in [1.54, 1.807) is 41.1 Å². The molecule has 24 heavy (non-hydrogen) atoms. The minimum Gasteiger partial charge on any atom is -0.433 e. The van der Waals surface area contributed by atoms with Crippen molar-refractivity contribution in [2.75, 3.05) is 5.32 Å². The molecule has 1 amide bonds. The minimum absolute atomic E-state index is 0.0971. The summed E-state index contributed by atoms with van der Waals surface area (Å²) in [5.74, 6) is -0.537. The molecule has 3 aromatic rings. The van der Waals surface area contributed by atoms with Crippen LogP contribution in [0, 0.1) is 0 Å². The Balaban J connectivity index is 1.76. The first kappa shape index (κ1) is 15.6. The highest BCUT2D eigenvalue weighted by atomic mass is 19.3. The molecule has 8 heteroatoms. The molecule has 1 heterocycles. The van der Waals surface area contributed by atoms with E-state index in [0.29, 0.717) is 5.56 Å². The molecule has 1 N–H and O–H groups in total. The molecule has 0 spiro atoms. The first-order valence-corrected chi connectivity index (χ1v) is 6.94. The van der Waals surface area contributed by atoms with Gasteiger partial charge in [-0.3, -0.25) is 4.79 Å². The summed E-state index contributed by atoms with van der Waals surface area (Å²) < 4.78 is 30.7. The molecule has 0 saturated carbocycles. The van der Waals surface area contributed by atoms with Crippen LogP contribution in [0.4, 0.5) is 14.5 Å². The number of hydrogen-bond acceptors (Lipinski definition) is 4. The summed E-state index contributed by atoms with van der Waals surface area (Å²) in [6, 6.07) is 12.6. The molecule has 0 fully saturated rings. The molecule has 2 aromatic carbocycles. The second-order valence-corrected chi connectivity index (χ2v) is 4.72. The summed E-state index contributed by atoms with van der Waals surface area (Å²) in [7, 11) is 0. The highest BCUT2D eigenvalue weighted by Crippen LogP contribution is 2.26. The van der Waals surface area contributed by atoms with Crippen LogP contribution in [0.2, 0.25) is 0 Å². The number of carbonyl (C=O) groups is 1. The van der Waals surface area contributed by atoms with Gasteiger partial charge in [0.25, 0.3) is 5.91 Å². The molecule has 0 aliphatic rings. The fourth-order valence-electron chi connectivity index (χ4n) is 2.07. The Morgan fingerprint density at radius 1 is 1.12 bits per heavy atom. The zero-order valence-electron chi connectivity index (χ0n) is 12.3. The summed E-state index contributed by atoms with van der Waals surface area (Å²) in [4.78, 5) is 16.1. The number of benzene rings is 2. The van der Waals surface area contributed by atoms with Crippen LogP contribution in [0.15, 0.2) is 61.2 Å². The van der Waals surface area contributed by atoms with E-state index in [1.807, 2.05) is 0 Å². The van der Waals surface area contributed by atoms with Gasteiger partial charge in [0, 0.05) is 5.56 Å². The molecule has 0 atom stereocenters. The number of nitrogens with one attached hydrogen (secondary N) is 1. The molecule has 0 aliphatic carbocycles. The van der Waals surface area contributed by atoms with E-state index >= 15 is 0 Å². The SMILES string of the molecule is O=C(Nc1ccccc1OC(F)F)c1ccc(-n2cncn2)cc1. The molecule has 0 saturated heterocycles. The van der Waals surface area contributed by atoms with E-state index in [-0.39, 0.29) is 11.4 Å². The fraction of sp³-hybridized carbons (Fsp3) is 0.0625. The van der Waals surface area contributed by atoms with Crippen molar-refractivity contribution in [3.8, 4) is 11.4 Å². The summed E-state index contributed by atoms with van der Waals surface area (Å²) in [6.45, 7) is -2.97. The van der Waals surface area contributed by atoms with Crippen molar-refractivity contribution in [2.24, 2.45) is 0 Å². The van der Waals surface area contributed by atoms with Crippen LogP contribution in [0.1, 0.15) is 10.4 Å². The normalized spacial score (nSPS) is 10.6. The number of anilines is 1. The van der Waals surface area contributed by atoms with Gasteiger partial charge in [-0.1, -0.05) is 12.1 Å². The monoisotopic (exact) mass is 330 g/mol. The van der Waals surface area contributed by atoms with Crippen molar-refractivity contribution in [2.45, 2.75) is 6.61 Å². The van der Waals surface area contributed by atoms with E-state index in [2.05, 4.69) is 20.1 Å². The number of nitrogens with zero attached hydrogens (tertiary/aromatic N) is 3. The van der Waals surface area contributed by atoms with E-state index < -0.39 is 12.5 Å². The quantitative estimate of drug-likeness (QED) is 0.780. The number of hydrogen-bond donors (Lipinski definition) is 1. The molecule has 0 bridgehead atoms. The molecular formula is C16H12F2N4O2. The minimum atomic E-state index is -2.97. The van der Waals surface area contributed by atoms with Gasteiger partial charge in [-0.25, -0.2) is 9.67 Å². The van der Waals surface area contributed by atoms with E-state index in [9.17, 15) is 13.6 Å². The Bertz CT molecular complexity index is 820. The number of para-hydroxylation sites is 2. The lowest BCUT2D eigenvalue weighted by molar-refractivity contribution is -0.0493. The van der Waals surface area contributed by atoms with E-state index in [0.717, 1.165) is 5.69 Å². The van der Waals surface area contributed by atoms with Crippen molar-refractivity contribution in [1.29, 1.82) is 0 Å². The average Bonchev–Trinajstić information content (AvgIpc) is 3.11. The second-order valence-electron chi connectivity index (χ2n) is 4.72. The third-order valence-corrected chi connectivity index (χ3v) is 3.16. The molecular weight excluding hydrogens is 318 g/mol. The molecule has 0 radical (unpaired) electrons. The Morgan fingerprint density at radius 3 is 2.54 bits per heavy atom. The van der Waals surface area contributed by atoms with Gasteiger partial charge in [-0.05, 0) is 36.4 Å². The highest BCUT2D eigenvalue weighted by molar-refractivity contribution is 6.05. The van der Waals surface area contributed by atoms with Gasteiger partial charge >= 0.3 is 6.61 Å². The number of carbonyl (C=O) groups excluding carboxylic acids is 1. The smallest absolute Gasteiger partial charge is 0.387 e. The van der Waals surface area contributed by atoms with Gasteiger partial charge in [0.2, 0.25) is 0 Å². The number of aromatic nitrogens is 3. The molecule has 0 aliphatic heterocycles. The van der Waals surface area contributed by atoms with Gasteiger partial charge in [0.15, 0.2) is 0 Å². The topological polar surface area (TPSA) is 69.0 Å². The molecule has 0 unspecified atom stereocenters. The lowest BCUT2D eigenvalue weighted by Gasteiger charge is -2.11. The molecule has 6 nitrogen and oxygen atoms in total. The van der Waals surface area contributed by atoms with Crippen LogP contribution in [-0.2, 0) is 0 Å². The Morgan fingerprint density at radius 2 is 1.88 bits per heavy atom. The van der Waals surface area contributed by atoms with Gasteiger partial charge in [-0.15, -0.1) is 0 Å². The Hall–Kier alpha value is -3.29. The summed E-state index contributed by atoms with van der Waals surface area (Å²) in [5.41, 5.74) is 1.28. The van der Waals surface area contributed by atoms with Crippen molar-refractivity contribution < 1.29 is 18.3 Å². The van der Waals surface area contributed by atoms with Gasteiger partial charge < -0.3 is 10.1 Å². The molecule has 3 rings (SSSR count). The average molecular weight is 330 g/mol. The second kappa shape index (κ2) is 6.86. The Kier molecular flexibility index (Phi) is 4.46. The standard InChI is InChI=1S/C16H12F2N4O2/c17-16(18)24-14-4-2-1-3-13(14)21-15(23)11-5-7-12(8-6-11)22-10-19-9-20-22/h1-10,16H,(H,21,23). The number of alkyl halides is 2. The number of ether oxygens (including phenoxy) is 1. The van der Waals surface area contributed by atoms with E-state index in [4.69, 9.17) is 0 Å². The maximum Gasteiger partial charge on any atom is 0.387 e. The summed E-state index contributed by atoms with van der Waals surface area (Å²) >= 11 is 0. The molecule has 122 valence electrons. The first-order valence-electron chi connectivity index (χ1n) is 6.94. The fourth-order valence-corrected chi connectivity index (χ4v) is 2.07. The van der Waals surface area contributed by atoms with Crippen LogP contribution in [0.3, 0.4) is 0 Å². The lowest BCUT2D eigenvalue weighted by Crippen LogP contribution is -2.14. The van der Waals surface area contributed by atoms with Crippen LogP contribution in [-0.4, -0.2) is 27.3 Å². The van der Waals surface area contributed by atoms with Gasteiger partial charge in [0.05, 0.1) is 11.4 Å². The number of rotatable bonds is 5. The van der Waals surface area contributed by atoms with E-state index in [1.165, 1.54) is 24.8 Å². The van der Waals surface area contributed by atoms with Gasteiger partial charge in [-0.2, -0.15) is 13.9 Å². The first-order chi connectivity index (χ1) is 11.6. The molecule has 1 aromatic heterocycles. The van der Waals surface area contributed by atoms with Crippen molar-refractivity contribution >= 4 is 11.6 Å². The van der Waals surface area contributed by atoms with Crippen LogP contribution in [0.5, 0.6) is 5.75 Å². The van der Waals surface area contributed by atoms with Crippen molar-refractivity contribution in [1.82, 2.24) is 14.8 Å². The zero-order chi connectivity index (χ0) is 16.9. The summed E-state index contributed by atoms with van der Waals surface area (Å²) in [6.07, 6.45) is 2.94. The highest BCUT2D eigenvalue weighted by Gasteiger charge is 2.13. The largest absolute Gasteiger partial charge is 0.433 e. The third-order valence-electron chi connectivity index (χ3n) is 3.16. The number of amides is 1. The van der Waals surface area contributed by atoms with Crippen molar-refractivity contribution in [3.63, 3.8) is 0 Å². The van der Waals surface area contributed by atoms with Crippen LogP contribution >= 0.6 is 0 Å². The van der Waals surface area contributed by atoms with Crippen molar-refractivity contribution in [3.05, 3.63) is 66.7 Å². The van der Waals surface area contributed by atoms with Crippen LogP contribution in [0.25, 0.3) is 5.69 Å². The predicted octanol–water partition coefficient (Wildman–Crippen LogP) is 3.12. The Labute approximate surface area is 135 Å². The zero-order valence-corrected chi connectivity index (χ0v) is 12.3. The maximum atomic E-state index is 12.4. The lowest BCUT2D eigenvalue weighted by atomic mass is 10.2. The number of halogens is 2. The van der Waals surface area contributed by atoms with Crippen LogP contribution < -0.4 is 10.1 Å². The van der Waals surface area contributed by atoms with Gasteiger partial charge in [0.1, 0.15) is 18.4 Å².